The van der Waals surface area contributed by atoms with E-state index >= 15 is 0 Å². The van der Waals surface area contributed by atoms with E-state index in [1.54, 1.807) is 36.5 Å². The molecule has 25 nitrogen and oxygen atoms in total. The third-order valence-electron chi connectivity index (χ3n) is 12.3. The van der Waals surface area contributed by atoms with Gasteiger partial charge in [0, 0.05) is 73.8 Å². The molecule has 0 saturated heterocycles. The fourth-order valence-electron chi connectivity index (χ4n) is 8.28. The number of benzene rings is 3. The number of phenols is 1. The van der Waals surface area contributed by atoms with Crippen LogP contribution in [0.15, 0.2) is 103 Å². The lowest BCUT2D eigenvalue weighted by molar-refractivity contribution is -0.135. The molecule has 9 amide bonds. The zero-order valence-electron chi connectivity index (χ0n) is 43.4. The number of nitrogens with one attached hydrogen (secondary N) is 10. The predicted octanol–water partition coefficient (Wildman–Crippen LogP) is -0.183. The number of hydrogen-bond donors (Lipinski definition) is 14. The summed E-state index contributed by atoms with van der Waals surface area (Å²) in [5.74, 6) is -6.94. The number of rotatable bonds is 31. The number of guanidine groups is 1. The molecule has 6 atom stereocenters. The van der Waals surface area contributed by atoms with Gasteiger partial charge in [-0.25, -0.2) is 4.98 Å². The van der Waals surface area contributed by atoms with E-state index in [-0.39, 0.29) is 69.6 Å². The van der Waals surface area contributed by atoms with Gasteiger partial charge < -0.3 is 74.8 Å². The van der Waals surface area contributed by atoms with Crippen LogP contribution in [0.5, 0.6) is 5.75 Å². The van der Waals surface area contributed by atoms with Crippen LogP contribution in [0.4, 0.5) is 5.69 Å². The quantitative estimate of drug-likeness (QED) is 0.0119. The number of nitrogens with two attached hydrogens (primary N) is 3. The van der Waals surface area contributed by atoms with Crippen LogP contribution in [0.1, 0.15) is 75.6 Å². The smallest absolute Gasteiger partial charge is 0.243 e. The molecule has 5 aromatic rings. The maximum atomic E-state index is 14.7. The zero-order valence-corrected chi connectivity index (χ0v) is 43.4. The first-order chi connectivity index (χ1) is 37.4. The molecular formula is C53H69N15O10. The molecule has 0 saturated carbocycles. The first-order valence-corrected chi connectivity index (χ1v) is 25.4. The number of fused-ring (bicyclic) bond motifs is 1. The molecule has 2 heterocycles. The van der Waals surface area contributed by atoms with Crippen molar-refractivity contribution >= 4 is 75.7 Å². The molecule has 0 fully saturated rings. The third-order valence-corrected chi connectivity index (χ3v) is 12.3. The van der Waals surface area contributed by atoms with Gasteiger partial charge in [-0.15, -0.1) is 0 Å². The number of imidazole rings is 1. The van der Waals surface area contributed by atoms with Crippen molar-refractivity contribution in [2.45, 2.75) is 114 Å². The molecule has 25 heteroatoms. The van der Waals surface area contributed by atoms with Crippen molar-refractivity contribution < 1.29 is 48.3 Å². The number of aliphatic imine (C=N–C) groups is 1. The highest BCUT2D eigenvalue weighted by atomic mass is 16.3. The fourth-order valence-corrected chi connectivity index (χ4v) is 8.28. The number of carbonyl (C=O) groups is 9. The number of unbranched alkanes of at least 4 members (excludes halogenated alkanes) is 1. The molecule has 416 valence electrons. The third kappa shape index (κ3) is 19.8. The second-order valence-corrected chi connectivity index (χ2v) is 18.5. The molecule has 17 N–H and O–H groups in total. The first-order valence-electron chi connectivity index (χ1n) is 25.4. The number of nitrogens with zero attached hydrogens (tertiary/aromatic N) is 2. The van der Waals surface area contributed by atoms with Crippen LogP contribution in [-0.4, -0.2) is 129 Å². The van der Waals surface area contributed by atoms with Crippen LogP contribution in [0.25, 0.3) is 10.9 Å². The van der Waals surface area contributed by atoms with Gasteiger partial charge in [0.2, 0.25) is 53.2 Å². The van der Waals surface area contributed by atoms with Gasteiger partial charge in [-0.3, -0.25) is 48.1 Å². The van der Waals surface area contributed by atoms with Crippen molar-refractivity contribution in [3.05, 3.63) is 114 Å². The number of aromatic amines is 2. The number of primary amides is 1. The number of aromatic nitrogens is 3. The molecule has 2 aromatic heterocycles. The number of carbonyl (C=O) groups excluding carboxylic acids is 9. The van der Waals surface area contributed by atoms with Gasteiger partial charge in [0.1, 0.15) is 42.0 Å². The maximum absolute atomic E-state index is 14.7. The summed E-state index contributed by atoms with van der Waals surface area (Å²) in [5, 5.41) is 31.8. The lowest BCUT2D eigenvalue weighted by atomic mass is 10.0. The van der Waals surface area contributed by atoms with Gasteiger partial charge in [0.25, 0.3) is 0 Å². The van der Waals surface area contributed by atoms with Crippen LogP contribution >= 0.6 is 0 Å². The summed E-state index contributed by atoms with van der Waals surface area (Å²) < 4.78 is 0. The Morgan fingerprint density at radius 2 is 1.19 bits per heavy atom. The summed E-state index contributed by atoms with van der Waals surface area (Å²) in [7, 11) is 0. The number of hydrogen-bond acceptors (Lipinski definition) is 12. The zero-order chi connectivity index (χ0) is 56.6. The van der Waals surface area contributed by atoms with E-state index in [1.807, 2.05) is 31.2 Å². The van der Waals surface area contributed by atoms with Crippen molar-refractivity contribution in [2.24, 2.45) is 22.2 Å². The summed E-state index contributed by atoms with van der Waals surface area (Å²) in [6.07, 6.45) is 5.08. The van der Waals surface area contributed by atoms with Gasteiger partial charge in [0.15, 0.2) is 5.96 Å². The number of anilines is 1. The topological polar surface area (TPSA) is 405 Å². The SMILES string of the molecule is CCCC[C@H](NC(C)=O)C(=O)N[C@@H](CCC(=O)Nc1ccc(O)cc1)C(=O)N[C@@H](Cc1cnc[nH]1)C(=O)N[C@H](Cc1ccccc1)C(=O)N[C@@H](CCCN=C(N)N)C(=O)N[C@@H](Cc1c[nH]c2ccccc12)C(=O)NCC(N)=O. The molecule has 0 aliphatic carbocycles. The van der Waals surface area contributed by atoms with E-state index in [2.05, 4.69) is 62.5 Å². The van der Waals surface area contributed by atoms with E-state index in [1.165, 1.54) is 43.7 Å². The monoisotopic (exact) mass is 1080 g/mol. The Morgan fingerprint density at radius 3 is 1.79 bits per heavy atom. The highest BCUT2D eigenvalue weighted by Crippen LogP contribution is 2.20. The van der Waals surface area contributed by atoms with Gasteiger partial charge in [-0.2, -0.15) is 0 Å². The molecule has 0 spiro atoms. The summed E-state index contributed by atoms with van der Waals surface area (Å²) in [5.41, 5.74) is 19.2. The van der Waals surface area contributed by atoms with Gasteiger partial charge in [0.05, 0.1) is 12.9 Å². The standard InChI is InChI=1S/C53H69N15O10/c1-3-4-14-39(62-31(2)69)48(74)65-41(21-22-46(72)63-34-17-19-36(70)20-18-34)50(76)68-44(26-35-28-57-30-61-35)52(78)66-42(24-32-11-6-5-7-12-32)51(77)64-40(16-10-23-58-53(55)56)49(75)67-43(47(73)60-29-45(54)71)25-33-27-59-38-15-9-8-13-37(33)38/h5-9,11-13,15,17-20,27-28,30,39-44,59,70H,3-4,10,14,16,21-26,29H2,1-2H3,(H2,54,71)(H,57,61)(H,60,73)(H,62,69)(H,63,72)(H,64,77)(H,65,74)(H,66,78)(H,67,75)(H,68,76)(H4,55,56,58)/t39-,40-,41-,42+,43-,44-/m0/s1. The first kappa shape index (κ1) is 59.6. The van der Waals surface area contributed by atoms with Crippen LogP contribution in [0.2, 0.25) is 0 Å². The largest absolute Gasteiger partial charge is 0.508 e. The highest BCUT2D eigenvalue weighted by Gasteiger charge is 2.34. The Balaban J connectivity index is 1.44. The second-order valence-electron chi connectivity index (χ2n) is 18.5. The molecule has 0 unspecified atom stereocenters. The van der Waals surface area contributed by atoms with E-state index in [9.17, 15) is 48.3 Å². The van der Waals surface area contributed by atoms with Crippen molar-refractivity contribution in [1.29, 1.82) is 0 Å². The molecule has 78 heavy (non-hydrogen) atoms. The average molecular weight is 1080 g/mol. The lowest BCUT2D eigenvalue weighted by Crippen LogP contribution is -2.60. The highest BCUT2D eigenvalue weighted by molar-refractivity contribution is 5.98. The minimum atomic E-state index is -1.47. The summed E-state index contributed by atoms with van der Waals surface area (Å²) >= 11 is 0. The van der Waals surface area contributed by atoms with Crippen molar-refractivity contribution in [2.75, 3.05) is 18.4 Å². The minimum absolute atomic E-state index is 0.0256. The Labute approximate surface area is 449 Å². The van der Waals surface area contributed by atoms with E-state index in [0.717, 1.165) is 10.9 Å². The molecule has 5 rings (SSSR count). The normalized spacial score (nSPS) is 13.2. The maximum Gasteiger partial charge on any atom is 0.243 e. The van der Waals surface area contributed by atoms with E-state index in [4.69, 9.17) is 17.2 Å². The Kier molecular flexibility index (Phi) is 23.2. The van der Waals surface area contributed by atoms with Crippen molar-refractivity contribution in [1.82, 2.24) is 52.2 Å². The Hall–Kier alpha value is -9.29. The van der Waals surface area contributed by atoms with E-state index in [0.29, 0.717) is 35.3 Å². The summed E-state index contributed by atoms with van der Waals surface area (Å²) in [6, 6.07) is 13.6. The fraction of sp³-hybridized carbons (Fsp3) is 0.377. The molecular weight excluding hydrogens is 1010 g/mol. The van der Waals surface area contributed by atoms with Crippen LogP contribution in [0.3, 0.4) is 0 Å². The molecule has 0 aliphatic heterocycles. The summed E-state index contributed by atoms with van der Waals surface area (Å²) in [6.45, 7) is 2.68. The Bertz CT molecular complexity index is 2850. The molecule has 3 aromatic carbocycles. The summed E-state index contributed by atoms with van der Waals surface area (Å²) in [4.78, 5) is 137. The number of para-hydroxylation sites is 1. The number of amides is 9. The molecule has 0 radical (unpaired) electrons. The van der Waals surface area contributed by atoms with Crippen LogP contribution in [-0.2, 0) is 62.4 Å². The number of phenolic OH excluding ortho intramolecular Hbond substituents is 1. The minimum Gasteiger partial charge on any atom is -0.508 e. The molecule has 0 bridgehead atoms. The van der Waals surface area contributed by atoms with Gasteiger partial charge in [-0.05, 0) is 67.1 Å². The molecule has 0 aliphatic rings. The Morgan fingerprint density at radius 1 is 0.628 bits per heavy atom. The average Bonchev–Trinajstić information content (AvgIpc) is 4.13. The van der Waals surface area contributed by atoms with Crippen molar-refractivity contribution in [3.63, 3.8) is 0 Å². The second kappa shape index (κ2) is 30.3. The van der Waals surface area contributed by atoms with Crippen LogP contribution < -0.4 is 59.7 Å². The van der Waals surface area contributed by atoms with Crippen molar-refractivity contribution in [3.8, 4) is 5.75 Å². The van der Waals surface area contributed by atoms with E-state index < -0.39 is 96.0 Å². The lowest BCUT2D eigenvalue weighted by Gasteiger charge is -2.28. The number of aromatic hydroxyl groups is 1. The van der Waals surface area contributed by atoms with Gasteiger partial charge in [-0.1, -0.05) is 68.3 Å². The number of H-pyrrole nitrogens is 2. The predicted molar refractivity (Wildman–Crippen MR) is 289 cm³/mol. The van der Waals surface area contributed by atoms with Gasteiger partial charge >= 0.3 is 0 Å². The van der Waals surface area contributed by atoms with Crippen LogP contribution in [0, 0.1) is 0 Å².